The molecule has 0 saturated heterocycles. The maximum Gasteiger partial charge on any atom is 0.244 e. The Kier molecular flexibility index (Phi) is 4.06. The molecule has 70 valence electrons. The Morgan fingerprint density at radius 2 is 2.08 bits per heavy atom. The smallest absolute Gasteiger partial charge is 0.244 e. The van der Waals surface area contributed by atoms with Crippen molar-refractivity contribution in [3.05, 3.63) is 40.6 Å². The molecule has 1 aromatic rings. The molecule has 0 radical (unpaired) electrons. The minimum atomic E-state index is -0.602. The first-order chi connectivity index (χ1) is 6.20. The highest BCUT2D eigenvalue weighted by Crippen LogP contribution is 2.22. The number of rotatable bonds is 3. The van der Waals surface area contributed by atoms with Crippen molar-refractivity contribution < 1.29 is 4.43 Å². The SMILES string of the molecule is CC(C)=C[SiH2]Oc1ccccc1Cl. The van der Waals surface area contributed by atoms with Gasteiger partial charge >= 0.3 is 0 Å². The van der Waals surface area contributed by atoms with E-state index in [9.17, 15) is 0 Å². The molecule has 0 aliphatic rings. The Balaban J connectivity index is 2.55. The van der Waals surface area contributed by atoms with E-state index in [0.717, 1.165) is 5.75 Å². The van der Waals surface area contributed by atoms with Crippen LogP contribution in [0.25, 0.3) is 0 Å². The van der Waals surface area contributed by atoms with Crippen molar-refractivity contribution in [1.82, 2.24) is 0 Å². The second-order valence-electron chi connectivity index (χ2n) is 3.02. The maximum absolute atomic E-state index is 5.92. The van der Waals surface area contributed by atoms with E-state index in [-0.39, 0.29) is 0 Å². The van der Waals surface area contributed by atoms with Gasteiger partial charge in [0.1, 0.15) is 5.75 Å². The normalized spacial score (nSPS) is 10.4. The first kappa shape index (κ1) is 10.3. The van der Waals surface area contributed by atoms with Crippen LogP contribution in [-0.4, -0.2) is 9.76 Å². The fourth-order valence-electron chi connectivity index (χ4n) is 0.860. The van der Waals surface area contributed by atoms with Crippen LogP contribution in [0.1, 0.15) is 13.8 Å². The third kappa shape index (κ3) is 3.66. The number of benzene rings is 1. The van der Waals surface area contributed by atoms with Crippen LogP contribution in [0.3, 0.4) is 0 Å². The Labute approximate surface area is 86.3 Å². The van der Waals surface area contributed by atoms with Gasteiger partial charge < -0.3 is 4.43 Å². The molecule has 0 aromatic heterocycles. The summed E-state index contributed by atoms with van der Waals surface area (Å²) in [6.45, 7) is 4.14. The average Bonchev–Trinajstić information content (AvgIpc) is 2.08. The molecule has 0 heterocycles. The zero-order chi connectivity index (χ0) is 9.68. The van der Waals surface area contributed by atoms with E-state index in [1.165, 1.54) is 5.57 Å². The zero-order valence-corrected chi connectivity index (χ0v) is 10.1. The zero-order valence-electron chi connectivity index (χ0n) is 7.88. The van der Waals surface area contributed by atoms with Gasteiger partial charge in [-0.15, -0.1) is 0 Å². The Morgan fingerprint density at radius 1 is 1.38 bits per heavy atom. The lowest BCUT2D eigenvalue weighted by Crippen LogP contribution is -1.99. The van der Waals surface area contributed by atoms with Crippen LogP contribution >= 0.6 is 11.6 Å². The van der Waals surface area contributed by atoms with Crippen molar-refractivity contribution in [2.75, 3.05) is 0 Å². The molecule has 0 amide bonds. The monoisotopic (exact) mass is 212 g/mol. The van der Waals surface area contributed by atoms with E-state index in [1.54, 1.807) is 0 Å². The highest BCUT2D eigenvalue weighted by atomic mass is 35.5. The highest BCUT2D eigenvalue weighted by molar-refractivity contribution is 6.37. The van der Waals surface area contributed by atoms with Crippen molar-refractivity contribution in [1.29, 1.82) is 0 Å². The Hall–Kier alpha value is -0.733. The molecule has 0 fully saturated rings. The first-order valence-corrected chi connectivity index (χ1v) is 5.98. The summed E-state index contributed by atoms with van der Waals surface area (Å²) in [5, 5.41) is 0.692. The van der Waals surface area contributed by atoms with Gasteiger partial charge in [-0.25, -0.2) is 0 Å². The summed E-state index contributed by atoms with van der Waals surface area (Å²) in [6, 6.07) is 7.57. The van der Waals surface area contributed by atoms with Gasteiger partial charge in [-0.2, -0.15) is 0 Å². The maximum atomic E-state index is 5.92. The Morgan fingerprint density at radius 3 is 2.69 bits per heavy atom. The van der Waals surface area contributed by atoms with Crippen molar-refractivity contribution in [2.24, 2.45) is 0 Å². The van der Waals surface area contributed by atoms with E-state index in [2.05, 4.69) is 19.5 Å². The number of para-hydroxylation sites is 1. The summed E-state index contributed by atoms with van der Waals surface area (Å²) in [5.41, 5.74) is 3.46. The molecule has 1 aromatic carbocycles. The molecule has 0 spiro atoms. The third-order valence-electron chi connectivity index (χ3n) is 1.57. The van der Waals surface area contributed by atoms with Crippen molar-refractivity contribution in [3.63, 3.8) is 0 Å². The summed E-state index contributed by atoms with van der Waals surface area (Å²) >= 11 is 5.92. The molecule has 0 saturated carbocycles. The molecule has 0 atom stereocenters. The lowest BCUT2D eigenvalue weighted by Gasteiger charge is -2.05. The van der Waals surface area contributed by atoms with Crippen LogP contribution in [0.5, 0.6) is 5.75 Å². The van der Waals surface area contributed by atoms with Crippen LogP contribution in [0.15, 0.2) is 35.5 Å². The first-order valence-electron chi connectivity index (χ1n) is 4.21. The van der Waals surface area contributed by atoms with Crippen LogP contribution < -0.4 is 4.43 Å². The van der Waals surface area contributed by atoms with Crippen LogP contribution in [-0.2, 0) is 0 Å². The lowest BCUT2D eigenvalue weighted by molar-refractivity contribution is 0.604. The van der Waals surface area contributed by atoms with Gasteiger partial charge in [-0.05, 0) is 26.0 Å². The fourth-order valence-corrected chi connectivity index (χ4v) is 1.99. The molecule has 1 nitrogen and oxygen atoms in total. The van der Waals surface area contributed by atoms with Gasteiger partial charge in [0.15, 0.2) is 0 Å². The second kappa shape index (κ2) is 5.10. The van der Waals surface area contributed by atoms with Gasteiger partial charge in [0.05, 0.1) is 5.02 Å². The molecular formula is C10H13ClOSi. The predicted octanol–water partition coefficient (Wildman–Crippen LogP) is 2.73. The van der Waals surface area contributed by atoms with Gasteiger partial charge in [0, 0.05) is 0 Å². The minimum Gasteiger partial charge on any atom is -0.545 e. The fraction of sp³-hybridized carbons (Fsp3) is 0.200. The second-order valence-corrected chi connectivity index (χ2v) is 4.46. The average molecular weight is 213 g/mol. The van der Waals surface area contributed by atoms with Crippen molar-refractivity contribution >= 4 is 21.4 Å². The van der Waals surface area contributed by atoms with Gasteiger partial charge in [0.2, 0.25) is 9.76 Å². The molecule has 0 bridgehead atoms. The quantitative estimate of drug-likeness (QED) is 0.701. The largest absolute Gasteiger partial charge is 0.545 e. The standard InChI is InChI=1S/C10H13ClOSi/c1-8(2)7-13-12-10-6-4-3-5-9(10)11/h3-7H,13H2,1-2H3. The number of allylic oxidation sites excluding steroid dienone is 1. The van der Waals surface area contributed by atoms with Crippen molar-refractivity contribution in [3.8, 4) is 5.75 Å². The van der Waals surface area contributed by atoms with Crippen LogP contribution in [0.4, 0.5) is 0 Å². The van der Waals surface area contributed by atoms with E-state index < -0.39 is 9.76 Å². The summed E-state index contributed by atoms with van der Waals surface area (Å²) in [6.07, 6.45) is 0. The topological polar surface area (TPSA) is 9.23 Å². The molecule has 1 rings (SSSR count). The Bertz CT molecular complexity index is 306. The molecule has 0 aliphatic carbocycles. The summed E-state index contributed by atoms with van der Waals surface area (Å²) < 4.78 is 5.58. The van der Waals surface area contributed by atoms with Gasteiger partial charge in [-0.3, -0.25) is 0 Å². The summed E-state index contributed by atoms with van der Waals surface area (Å²) in [4.78, 5) is 0. The lowest BCUT2D eigenvalue weighted by atomic mass is 10.3. The molecule has 0 N–H and O–H groups in total. The predicted molar refractivity (Wildman–Crippen MR) is 60.1 cm³/mol. The summed E-state index contributed by atoms with van der Waals surface area (Å²) in [5.74, 6) is 0.799. The number of hydrogen-bond donors (Lipinski definition) is 0. The third-order valence-corrected chi connectivity index (χ3v) is 3.34. The van der Waals surface area contributed by atoms with Crippen LogP contribution in [0, 0.1) is 0 Å². The van der Waals surface area contributed by atoms with Crippen molar-refractivity contribution in [2.45, 2.75) is 13.8 Å². The number of halogens is 1. The molecule has 0 aliphatic heterocycles. The summed E-state index contributed by atoms with van der Waals surface area (Å²) in [7, 11) is -0.602. The van der Waals surface area contributed by atoms with Gasteiger partial charge in [-0.1, -0.05) is 35.0 Å². The van der Waals surface area contributed by atoms with E-state index >= 15 is 0 Å². The van der Waals surface area contributed by atoms with E-state index in [0.29, 0.717) is 5.02 Å². The number of hydrogen-bond acceptors (Lipinski definition) is 1. The molecular weight excluding hydrogens is 200 g/mol. The van der Waals surface area contributed by atoms with Gasteiger partial charge in [0.25, 0.3) is 0 Å². The molecule has 3 heteroatoms. The van der Waals surface area contributed by atoms with Crippen LogP contribution in [0.2, 0.25) is 5.02 Å². The molecule has 0 unspecified atom stereocenters. The van der Waals surface area contributed by atoms with E-state index in [4.69, 9.17) is 16.0 Å². The highest BCUT2D eigenvalue weighted by Gasteiger charge is 1.96. The molecule has 13 heavy (non-hydrogen) atoms. The van der Waals surface area contributed by atoms with E-state index in [1.807, 2.05) is 24.3 Å². The minimum absolute atomic E-state index is 0.602.